The van der Waals surface area contributed by atoms with Crippen LogP contribution in [0.3, 0.4) is 0 Å². The van der Waals surface area contributed by atoms with Crippen LogP contribution in [0.5, 0.6) is 0 Å². The monoisotopic (exact) mass is 286 g/mol. The minimum absolute atomic E-state index is 0.0639. The van der Waals surface area contributed by atoms with Gasteiger partial charge in [-0.05, 0) is 19.1 Å². The van der Waals surface area contributed by atoms with E-state index in [-0.39, 0.29) is 22.6 Å². The third kappa shape index (κ3) is 2.49. The summed E-state index contributed by atoms with van der Waals surface area (Å²) in [6.45, 7) is 1.50. The van der Waals surface area contributed by atoms with E-state index in [1.54, 1.807) is 0 Å². The molecule has 106 valence electrons. The fourth-order valence-corrected chi connectivity index (χ4v) is 1.61. The van der Waals surface area contributed by atoms with E-state index >= 15 is 0 Å². The van der Waals surface area contributed by atoms with Crippen LogP contribution in [0.1, 0.15) is 21.8 Å². The lowest BCUT2D eigenvalue weighted by Crippen LogP contribution is -2.08. The molecule has 0 aliphatic rings. The molecule has 8 heteroatoms. The van der Waals surface area contributed by atoms with E-state index in [0.29, 0.717) is 0 Å². The largest absolute Gasteiger partial charge is 0.465 e. The maximum absolute atomic E-state index is 12.4. The van der Waals surface area contributed by atoms with Crippen molar-refractivity contribution in [2.24, 2.45) is 0 Å². The Kier molecular flexibility index (Phi) is 3.47. The Morgan fingerprint density at radius 2 is 2.05 bits per heavy atom. The first-order valence-corrected chi connectivity index (χ1v) is 5.42. The summed E-state index contributed by atoms with van der Waals surface area (Å²) in [4.78, 5) is 14.9. The van der Waals surface area contributed by atoms with Gasteiger partial charge < -0.3 is 9.26 Å². The molecular weight excluding hydrogens is 277 g/mol. The van der Waals surface area contributed by atoms with Gasteiger partial charge in [-0.25, -0.2) is 4.79 Å². The maximum atomic E-state index is 12.4. The van der Waals surface area contributed by atoms with Crippen molar-refractivity contribution in [3.8, 4) is 11.3 Å². The predicted octanol–water partition coefficient (Wildman–Crippen LogP) is 2.85. The predicted molar refractivity (Wildman–Crippen MR) is 60.8 cm³/mol. The van der Waals surface area contributed by atoms with E-state index < -0.39 is 17.8 Å². The number of pyridine rings is 1. The molecule has 0 saturated heterocycles. The number of hydrogen-bond donors (Lipinski definition) is 0. The molecule has 2 aromatic rings. The number of halogens is 3. The van der Waals surface area contributed by atoms with Crippen LogP contribution in [-0.2, 0) is 10.9 Å². The summed E-state index contributed by atoms with van der Waals surface area (Å²) >= 11 is 0. The molecule has 0 spiro atoms. The summed E-state index contributed by atoms with van der Waals surface area (Å²) in [6, 6.07) is 1.97. The van der Waals surface area contributed by atoms with E-state index in [2.05, 4.69) is 14.9 Å². The maximum Gasteiger partial charge on any atom is 0.433 e. The molecule has 0 N–H and O–H groups in total. The summed E-state index contributed by atoms with van der Waals surface area (Å²) in [5.74, 6) is -0.467. The molecule has 20 heavy (non-hydrogen) atoms. The van der Waals surface area contributed by atoms with Crippen molar-refractivity contribution in [2.75, 3.05) is 7.11 Å². The minimum Gasteiger partial charge on any atom is -0.465 e. The molecule has 5 nitrogen and oxygen atoms in total. The normalized spacial score (nSPS) is 11.4. The van der Waals surface area contributed by atoms with Gasteiger partial charge in [0.05, 0.1) is 7.11 Å². The lowest BCUT2D eigenvalue weighted by molar-refractivity contribution is -0.141. The second-order valence-corrected chi connectivity index (χ2v) is 3.88. The van der Waals surface area contributed by atoms with Gasteiger partial charge in [0.2, 0.25) is 0 Å². The Labute approximate surface area is 111 Å². The number of rotatable bonds is 2. The molecule has 0 bridgehead atoms. The number of esters is 1. The Morgan fingerprint density at radius 1 is 1.35 bits per heavy atom. The zero-order chi connectivity index (χ0) is 14.9. The number of ether oxygens (including phenoxy) is 1. The second-order valence-electron chi connectivity index (χ2n) is 3.88. The number of aryl methyl sites for hydroxylation is 1. The lowest BCUT2D eigenvalue weighted by Gasteiger charge is -2.06. The van der Waals surface area contributed by atoms with Gasteiger partial charge >= 0.3 is 12.1 Å². The Morgan fingerprint density at radius 3 is 2.55 bits per heavy atom. The molecule has 0 radical (unpaired) electrons. The highest BCUT2D eigenvalue weighted by molar-refractivity contribution is 5.96. The standard InChI is InChI=1S/C12H9F3N2O3/c1-6-9(11(18)19-2)10(17-20-6)7-3-4-8(16-5-7)12(13,14)15/h3-5H,1-2H3. The molecule has 0 aliphatic carbocycles. The smallest absolute Gasteiger partial charge is 0.433 e. The van der Waals surface area contributed by atoms with E-state index in [0.717, 1.165) is 12.3 Å². The van der Waals surface area contributed by atoms with Crippen LogP contribution in [0, 0.1) is 6.92 Å². The van der Waals surface area contributed by atoms with Crippen LogP contribution in [0.15, 0.2) is 22.9 Å². The molecule has 0 saturated carbocycles. The summed E-state index contributed by atoms with van der Waals surface area (Å²) in [5.41, 5.74) is -0.638. The number of hydrogen-bond acceptors (Lipinski definition) is 5. The second kappa shape index (κ2) is 4.95. The van der Waals surface area contributed by atoms with Crippen LogP contribution in [-0.4, -0.2) is 23.2 Å². The quantitative estimate of drug-likeness (QED) is 0.794. The summed E-state index contributed by atoms with van der Waals surface area (Å²) in [5, 5.41) is 3.65. The van der Waals surface area contributed by atoms with Gasteiger partial charge in [-0.2, -0.15) is 13.2 Å². The fraction of sp³-hybridized carbons (Fsp3) is 0.250. The van der Waals surface area contributed by atoms with Gasteiger partial charge in [0.1, 0.15) is 22.7 Å². The molecule has 0 amide bonds. The van der Waals surface area contributed by atoms with Gasteiger partial charge in [0.15, 0.2) is 0 Å². The topological polar surface area (TPSA) is 65.2 Å². The van der Waals surface area contributed by atoms with Gasteiger partial charge in [-0.3, -0.25) is 4.98 Å². The van der Waals surface area contributed by atoms with Gasteiger partial charge in [0, 0.05) is 11.8 Å². The highest BCUT2D eigenvalue weighted by Crippen LogP contribution is 2.30. The molecule has 0 atom stereocenters. The highest BCUT2D eigenvalue weighted by atomic mass is 19.4. The van der Waals surface area contributed by atoms with Gasteiger partial charge in [-0.15, -0.1) is 0 Å². The number of alkyl halides is 3. The van der Waals surface area contributed by atoms with Crippen molar-refractivity contribution in [1.82, 2.24) is 10.1 Å². The van der Waals surface area contributed by atoms with Crippen molar-refractivity contribution in [2.45, 2.75) is 13.1 Å². The SMILES string of the molecule is COC(=O)c1c(-c2ccc(C(F)(F)F)nc2)noc1C. The number of carbonyl (C=O) groups excluding carboxylic acids is 1. The van der Waals surface area contributed by atoms with Crippen molar-refractivity contribution in [1.29, 1.82) is 0 Å². The Hall–Kier alpha value is -2.38. The van der Waals surface area contributed by atoms with Crippen LogP contribution in [0.4, 0.5) is 13.2 Å². The van der Waals surface area contributed by atoms with Crippen LogP contribution >= 0.6 is 0 Å². The first kappa shape index (κ1) is 14.0. The summed E-state index contributed by atoms with van der Waals surface area (Å²) in [6.07, 6.45) is -3.55. The van der Waals surface area contributed by atoms with Gasteiger partial charge in [0.25, 0.3) is 0 Å². The summed E-state index contributed by atoms with van der Waals surface area (Å²) in [7, 11) is 1.18. The minimum atomic E-state index is -4.52. The number of carbonyl (C=O) groups is 1. The zero-order valence-electron chi connectivity index (χ0n) is 10.5. The van der Waals surface area contributed by atoms with E-state index in [9.17, 15) is 18.0 Å². The first-order valence-electron chi connectivity index (χ1n) is 5.42. The molecule has 0 aromatic carbocycles. The third-order valence-electron chi connectivity index (χ3n) is 2.58. The molecule has 2 aromatic heterocycles. The molecule has 2 rings (SSSR count). The van der Waals surface area contributed by atoms with Crippen LogP contribution in [0.25, 0.3) is 11.3 Å². The van der Waals surface area contributed by atoms with Crippen LogP contribution < -0.4 is 0 Å². The number of methoxy groups -OCH3 is 1. The van der Waals surface area contributed by atoms with Crippen molar-refractivity contribution in [3.05, 3.63) is 35.3 Å². The van der Waals surface area contributed by atoms with Crippen molar-refractivity contribution >= 4 is 5.97 Å². The fourth-order valence-electron chi connectivity index (χ4n) is 1.61. The number of nitrogens with zero attached hydrogens (tertiary/aromatic N) is 2. The zero-order valence-corrected chi connectivity index (χ0v) is 10.5. The van der Waals surface area contributed by atoms with Crippen molar-refractivity contribution < 1.29 is 27.2 Å². The first-order chi connectivity index (χ1) is 9.34. The highest BCUT2D eigenvalue weighted by Gasteiger charge is 2.32. The molecule has 0 fully saturated rings. The Bertz CT molecular complexity index is 632. The molecule has 0 unspecified atom stereocenters. The van der Waals surface area contributed by atoms with Crippen LogP contribution in [0.2, 0.25) is 0 Å². The molecular formula is C12H9F3N2O3. The van der Waals surface area contributed by atoms with Gasteiger partial charge in [-0.1, -0.05) is 5.16 Å². The molecule has 0 aliphatic heterocycles. The summed E-state index contributed by atoms with van der Waals surface area (Å²) < 4.78 is 46.7. The average Bonchev–Trinajstić information content (AvgIpc) is 2.79. The third-order valence-corrected chi connectivity index (χ3v) is 2.58. The average molecular weight is 286 g/mol. The van der Waals surface area contributed by atoms with Crippen molar-refractivity contribution in [3.63, 3.8) is 0 Å². The number of aromatic nitrogens is 2. The van der Waals surface area contributed by atoms with E-state index in [1.807, 2.05) is 0 Å². The Balaban J connectivity index is 2.45. The molecule has 2 heterocycles. The lowest BCUT2D eigenvalue weighted by atomic mass is 10.1. The van der Waals surface area contributed by atoms with E-state index in [4.69, 9.17) is 4.52 Å². The van der Waals surface area contributed by atoms with E-state index in [1.165, 1.54) is 20.1 Å².